The smallest absolute Gasteiger partial charge is 0.223 e. The zero-order chi connectivity index (χ0) is 12.4. The molecule has 0 fully saturated rings. The van der Waals surface area contributed by atoms with Crippen LogP contribution in [0.25, 0.3) is 0 Å². The molecule has 2 aromatic heterocycles. The summed E-state index contributed by atoms with van der Waals surface area (Å²) in [7, 11) is 1.78. The molecule has 0 unspecified atom stereocenters. The van der Waals surface area contributed by atoms with Gasteiger partial charge in [-0.15, -0.1) is 0 Å². The Kier molecular flexibility index (Phi) is 3.10. The maximum Gasteiger partial charge on any atom is 0.223 e. The molecule has 5 heteroatoms. The minimum atomic E-state index is -0.0890. The Bertz CT molecular complexity index is 517. The predicted octanol–water partition coefficient (Wildman–Crippen LogP) is 1.72. The van der Waals surface area contributed by atoms with E-state index in [9.17, 15) is 5.11 Å². The molecule has 1 N–H and O–H groups in total. The van der Waals surface area contributed by atoms with Crippen LogP contribution >= 0.6 is 0 Å². The highest BCUT2D eigenvalue weighted by Gasteiger charge is 2.14. The molecule has 0 aromatic carbocycles. The highest BCUT2D eigenvalue weighted by Crippen LogP contribution is 2.26. The van der Waals surface area contributed by atoms with E-state index >= 15 is 0 Å². The summed E-state index contributed by atoms with van der Waals surface area (Å²) in [5.74, 6) is 1.18. The monoisotopic (exact) mass is 233 g/mol. The Morgan fingerprint density at radius 1 is 1.35 bits per heavy atom. The van der Waals surface area contributed by atoms with E-state index in [1.165, 1.54) is 0 Å². The van der Waals surface area contributed by atoms with Crippen LogP contribution in [0.1, 0.15) is 17.0 Å². The fourth-order valence-corrected chi connectivity index (χ4v) is 1.62. The first-order valence-electron chi connectivity index (χ1n) is 5.35. The van der Waals surface area contributed by atoms with E-state index in [0.717, 1.165) is 11.4 Å². The van der Waals surface area contributed by atoms with Crippen molar-refractivity contribution in [3.8, 4) is 11.6 Å². The van der Waals surface area contributed by atoms with Crippen molar-refractivity contribution >= 4 is 0 Å². The Hall–Kier alpha value is -1.88. The Morgan fingerprint density at radius 3 is 2.71 bits per heavy atom. The van der Waals surface area contributed by atoms with Gasteiger partial charge in [0, 0.05) is 12.7 Å². The summed E-state index contributed by atoms with van der Waals surface area (Å²) < 4.78 is 7.30. The van der Waals surface area contributed by atoms with Gasteiger partial charge in [0.25, 0.3) is 0 Å². The average molecular weight is 233 g/mol. The zero-order valence-electron chi connectivity index (χ0n) is 10.1. The topological polar surface area (TPSA) is 60.2 Å². The molecule has 90 valence electrons. The van der Waals surface area contributed by atoms with E-state index in [2.05, 4.69) is 10.1 Å². The molecule has 2 rings (SSSR count). The first-order chi connectivity index (χ1) is 8.11. The second-order valence-electron chi connectivity index (χ2n) is 3.89. The Labute approximate surface area is 99.7 Å². The van der Waals surface area contributed by atoms with Crippen molar-refractivity contribution in [3.63, 3.8) is 0 Å². The summed E-state index contributed by atoms with van der Waals surface area (Å²) in [5.41, 5.74) is 2.40. The average Bonchev–Trinajstić information content (AvgIpc) is 2.57. The normalized spacial score (nSPS) is 10.6. The van der Waals surface area contributed by atoms with Crippen molar-refractivity contribution in [1.82, 2.24) is 14.8 Å². The predicted molar refractivity (Wildman–Crippen MR) is 62.9 cm³/mol. The number of hydrogen-bond acceptors (Lipinski definition) is 4. The van der Waals surface area contributed by atoms with E-state index < -0.39 is 0 Å². The van der Waals surface area contributed by atoms with Crippen molar-refractivity contribution in [1.29, 1.82) is 0 Å². The molecule has 2 aromatic rings. The SMILES string of the molecule is Cc1ccc(Oc2c(CO)c(C)nn2C)cn1. The molecule has 5 nitrogen and oxygen atoms in total. The van der Waals surface area contributed by atoms with Crippen LogP contribution in [-0.2, 0) is 13.7 Å². The van der Waals surface area contributed by atoms with Crippen molar-refractivity contribution in [2.45, 2.75) is 20.5 Å². The molecule has 17 heavy (non-hydrogen) atoms. The number of aliphatic hydroxyl groups excluding tert-OH is 1. The van der Waals surface area contributed by atoms with Gasteiger partial charge in [-0.25, -0.2) is 4.68 Å². The lowest BCUT2D eigenvalue weighted by molar-refractivity contribution is 0.274. The number of aliphatic hydroxyl groups is 1. The van der Waals surface area contributed by atoms with Gasteiger partial charge in [-0.3, -0.25) is 4.98 Å². The largest absolute Gasteiger partial charge is 0.437 e. The van der Waals surface area contributed by atoms with E-state index in [4.69, 9.17) is 4.74 Å². The van der Waals surface area contributed by atoms with Crippen molar-refractivity contribution in [2.75, 3.05) is 0 Å². The summed E-state index contributed by atoms with van der Waals surface area (Å²) >= 11 is 0. The van der Waals surface area contributed by atoms with Gasteiger partial charge in [0.2, 0.25) is 5.88 Å². The zero-order valence-corrected chi connectivity index (χ0v) is 10.1. The second-order valence-corrected chi connectivity index (χ2v) is 3.89. The van der Waals surface area contributed by atoms with Gasteiger partial charge in [0.05, 0.1) is 24.1 Å². The van der Waals surface area contributed by atoms with Crippen LogP contribution in [0.3, 0.4) is 0 Å². The third-order valence-corrected chi connectivity index (χ3v) is 2.55. The number of nitrogens with zero attached hydrogens (tertiary/aromatic N) is 3. The first-order valence-corrected chi connectivity index (χ1v) is 5.35. The summed E-state index contributed by atoms with van der Waals surface area (Å²) in [6.07, 6.45) is 1.65. The minimum Gasteiger partial charge on any atom is -0.437 e. The standard InChI is InChI=1S/C12H15N3O2/c1-8-4-5-10(6-13-8)17-12-11(7-16)9(2)14-15(12)3/h4-6,16H,7H2,1-3H3. The van der Waals surface area contributed by atoms with Gasteiger partial charge in [-0.05, 0) is 26.0 Å². The molecule has 0 aliphatic carbocycles. The fourth-order valence-electron chi connectivity index (χ4n) is 1.62. The molecule has 0 saturated heterocycles. The van der Waals surface area contributed by atoms with Gasteiger partial charge >= 0.3 is 0 Å². The number of aromatic nitrogens is 3. The maximum absolute atomic E-state index is 9.29. The summed E-state index contributed by atoms with van der Waals surface area (Å²) in [5, 5.41) is 13.5. The molecule has 0 amide bonds. The molecule has 0 aliphatic rings. The van der Waals surface area contributed by atoms with Crippen LogP contribution in [0.2, 0.25) is 0 Å². The summed E-state index contributed by atoms with van der Waals surface area (Å²) in [6, 6.07) is 3.71. The molecule has 2 heterocycles. The van der Waals surface area contributed by atoms with Crippen LogP contribution in [0, 0.1) is 13.8 Å². The molecular formula is C12H15N3O2. The fraction of sp³-hybridized carbons (Fsp3) is 0.333. The number of aryl methyl sites for hydroxylation is 3. The maximum atomic E-state index is 9.29. The molecule has 0 radical (unpaired) electrons. The van der Waals surface area contributed by atoms with Gasteiger partial charge in [-0.1, -0.05) is 0 Å². The van der Waals surface area contributed by atoms with Gasteiger partial charge in [0.15, 0.2) is 0 Å². The summed E-state index contributed by atoms with van der Waals surface area (Å²) in [6.45, 7) is 3.66. The summed E-state index contributed by atoms with van der Waals surface area (Å²) in [4.78, 5) is 4.15. The number of ether oxygens (including phenoxy) is 1. The molecule has 0 saturated carbocycles. The third kappa shape index (κ3) is 2.29. The number of rotatable bonds is 3. The molecule has 0 aliphatic heterocycles. The Balaban J connectivity index is 2.32. The van der Waals surface area contributed by atoms with Crippen LogP contribution in [0.4, 0.5) is 0 Å². The lowest BCUT2D eigenvalue weighted by atomic mass is 10.3. The van der Waals surface area contributed by atoms with Crippen LogP contribution in [0.5, 0.6) is 11.6 Å². The highest BCUT2D eigenvalue weighted by molar-refractivity contribution is 5.34. The molecule has 0 atom stereocenters. The van der Waals surface area contributed by atoms with Crippen molar-refractivity contribution < 1.29 is 9.84 Å². The first kappa shape index (κ1) is 11.6. The van der Waals surface area contributed by atoms with E-state index in [1.807, 2.05) is 26.0 Å². The van der Waals surface area contributed by atoms with Crippen LogP contribution < -0.4 is 4.74 Å². The molecule has 0 bridgehead atoms. The molecular weight excluding hydrogens is 218 g/mol. The van der Waals surface area contributed by atoms with E-state index in [-0.39, 0.29) is 6.61 Å². The lowest BCUT2D eigenvalue weighted by Crippen LogP contribution is -1.97. The van der Waals surface area contributed by atoms with Crippen molar-refractivity contribution in [2.24, 2.45) is 7.05 Å². The quantitative estimate of drug-likeness (QED) is 0.876. The minimum absolute atomic E-state index is 0.0890. The lowest BCUT2D eigenvalue weighted by Gasteiger charge is -2.07. The van der Waals surface area contributed by atoms with E-state index in [0.29, 0.717) is 17.2 Å². The van der Waals surface area contributed by atoms with Crippen LogP contribution in [0.15, 0.2) is 18.3 Å². The Morgan fingerprint density at radius 2 is 2.12 bits per heavy atom. The van der Waals surface area contributed by atoms with Gasteiger partial charge in [-0.2, -0.15) is 5.10 Å². The van der Waals surface area contributed by atoms with Gasteiger partial charge < -0.3 is 9.84 Å². The highest BCUT2D eigenvalue weighted by atomic mass is 16.5. The van der Waals surface area contributed by atoms with Crippen LogP contribution in [-0.4, -0.2) is 19.9 Å². The second kappa shape index (κ2) is 4.55. The number of pyridine rings is 1. The third-order valence-electron chi connectivity index (χ3n) is 2.55. The van der Waals surface area contributed by atoms with Crippen molar-refractivity contribution in [3.05, 3.63) is 35.3 Å². The number of hydrogen-bond donors (Lipinski definition) is 1. The van der Waals surface area contributed by atoms with E-state index in [1.54, 1.807) is 17.9 Å². The van der Waals surface area contributed by atoms with Gasteiger partial charge in [0.1, 0.15) is 5.75 Å². The molecule has 0 spiro atoms.